The van der Waals surface area contributed by atoms with E-state index in [4.69, 9.17) is 0 Å². The first-order chi connectivity index (χ1) is 5.35. The molecule has 1 atom stereocenters. The van der Waals surface area contributed by atoms with E-state index in [-0.39, 0.29) is 0 Å². The maximum absolute atomic E-state index is 9.97. The van der Waals surface area contributed by atoms with Crippen molar-refractivity contribution in [2.45, 2.75) is 52.4 Å². The Bertz CT molecular complexity index is 88.9. The van der Waals surface area contributed by atoms with Crippen molar-refractivity contribution in [3.8, 4) is 0 Å². The minimum Gasteiger partial charge on any atom is -0.291 e. The fourth-order valence-corrected chi connectivity index (χ4v) is 1.31. The van der Waals surface area contributed by atoms with Gasteiger partial charge in [0, 0.05) is 6.42 Å². The van der Waals surface area contributed by atoms with Crippen molar-refractivity contribution in [1.29, 1.82) is 0 Å². The average Bonchev–Trinajstić information content (AvgIpc) is 2.05. The van der Waals surface area contributed by atoms with Gasteiger partial charge in [-0.2, -0.15) is 0 Å². The van der Waals surface area contributed by atoms with Crippen LogP contribution in [0.4, 0.5) is 0 Å². The Balaban J connectivity index is 3.32. The molecule has 11 heavy (non-hydrogen) atoms. The summed E-state index contributed by atoms with van der Waals surface area (Å²) in [7, 11) is 0. The Kier molecular flexibility index (Phi) is 7.54. The van der Waals surface area contributed by atoms with Crippen molar-refractivity contribution in [3.05, 3.63) is 0 Å². The largest absolute Gasteiger partial charge is 0.291 e. The average molecular weight is 155 g/mol. The summed E-state index contributed by atoms with van der Waals surface area (Å²) in [5, 5.41) is 0. The number of carbonyl (C=O) groups excluding carboxylic acids is 1. The highest BCUT2D eigenvalue weighted by Gasteiger charge is 2.04. The second-order valence-electron chi connectivity index (χ2n) is 3.10. The molecule has 0 aliphatic carbocycles. The molecular weight excluding hydrogens is 136 g/mol. The Morgan fingerprint density at radius 2 is 2.00 bits per heavy atom. The molecule has 65 valence electrons. The summed E-state index contributed by atoms with van der Waals surface area (Å²) in [5.41, 5.74) is 0. The van der Waals surface area contributed by atoms with Gasteiger partial charge in [-0.3, -0.25) is 4.79 Å². The van der Waals surface area contributed by atoms with Crippen molar-refractivity contribution in [2.24, 2.45) is 5.92 Å². The van der Waals surface area contributed by atoms with E-state index in [9.17, 15) is 4.79 Å². The van der Waals surface area contributed by atoms with Crippen molar-refractivity contribution >= 4 is 6.29 Å². The van der Waals surface area contributed by atoms with Gasteiger partial charge in [-0.1, -0.05) is 39.5 Å². The van der Waals surface area contributed by atoms with Crippen molar-refractivity contribution in [2.75, 3.05) is 0 Å². The second kappa shape index (κ2) is 7.77. The minimum atomic E-state index is 0.627. The van der Waals surface area contributed by atoms with Gasteiger partial charge < -0.3 is 0 Å². The topological polar surface area (TPSA) is 17.1 Å². The quantitative estimate of drug-likeness (QED) is 0.552. The molecule has 0 aliphatic heterocycles. The second-order valence-corrected chi connectivity index (χ2v) is 3.10. The highest BCUT2D eigenvalue weighted by molar-refractivity contribution is 5.50. The van der Waals surface area contributed by atoms with Crippen LogP contribution in [0.1, 0.15) is 52.4 Å². The lowest BCUT2D eigenvalue weighted by Crippen LogP contribution is -1.98. The fourth-order valence-electron chi connectivity index (χ4n) is 1.31. The molecule has 1 nitrogen and oxygen atoms in total. The van der Waals surface area contributed by atoms with Crippen LogP contribution in [0.15, 0.2) is 0 Å². The number of rotatable bonds is 7. The van der Waals surface area contributed by atoms with Crippen molar-refractivity contribution < 1.29 is 4.79 Å². The first-order valence-corrected chi connectivity index (χ1v) is 4.70. The Morgan fingerprint density at radius 3 is 2.45 bits per heavy atom. The van der Waals surface area contributed by atoms with Crippen LogP contribution in [0.3, 0.4) is 0 Å². The maximum Gasteiger partial charge on any atom is 0.198 e. The monoisotopic (exact) mass is 155 g/mol. The normalized spacial score (nSPS) is 12.9. The molecule has 0 spiro atoms. The van der Waals surface area contributed by atoms with Gasteiger partial charge in [0.2, 0.25) is 0 Å². The highest BCUT2D eigenvalue weighted by atomic mass is 16.1. The van der Waals surface area contributed by atoms with Gasteiger partial charge in [0.25, 0.3) is 0 Å². The van der Waals surface area contributed by atoms with Crippen LogP contribution in [0.2, 0.25) is 0 Å². The molecule has 1 radical (unpaired) electrons. The Labute approximate surface area is 70.2 Å². The maximum atomic E-state index is 9.97. The zero-order valence-corrected chi connectivity index (χ0v) is 7.73. The Morgan fingerprint density at radius 1 is 1.27 bits per heavy atom. The summed E-state index contributed by atoms with van der Waals surface area (Å²) in [6.07, 6.45) is 8.69. The molecule has 0 saturated heterocycles. The van der Waals surface area contributed by atoms with Crippen LogP contribution in [0.25, 0.3) is 0 Å². The molecule has 0 fully saturated rings. The van der Waals surface area contributed by atoms with E-state index >= 15 is 0 Å². The van der Waals surface area contributed by atoms with Crippen LogP contribution in [-0.2, 0) is 4.79 Å². The van der Waals surface area contributed by atoms with Gasteiger partial charge in [0.15, 0.2) is 6.29 Å². The van der Waals surface area contributed by atoms with E-state index in [0.717, 1.165) is 12.3 Å². The molecule has 0 aromatic rings. The van der Waals surface area contributed by atoms with E-state index in [1.165, 1.54) is 25.7 Å². The molecule has 0 rings (SSSR count). The molecule has 0 N–H and O–H groups in total. The van der Waals surface area contributed by atoms with Gasteiger partial charge in [-0.05, 0) is 12.3 Å². The van der Waals surface area contributed by atoms with Gasteiger partial charge in [0.05, 0.1) is 0 Å². The van der Waals surface area contributed by atoms with E-state index in [1.54, 1.807) is 0 Å². The summed E-state index contributed by atoms with van der Waals surface area (Å²) < 4.78 is 0. The Hall–Kier alpha value is -0.330. The molecule has 0 aromatic heterocycles. The van der Waals surface area contributed by atoms with E-state index < -0.39 is 0 Å². The molecule has 0 aliphatic rings. The molecule has 0 aromatic carbocycles. The molecule has 1 heteroatoms. The van der Waals surface area contributed by atoms with Crippen molar-refractivity contribution in [3.63, 3.8) is 0 Å². The van der Waals surface area contributed by atoms with Crippen LogP contribution in [0, 0.1) is 5.92 Å². The standard InChI is InChI=1S/C10H19O/c1-3-5-7-10(4-2)8-6-9-11/h10H,3-8H2,1-2H3. The van der Waals surface area contributed by atoms with E-state index in [1.807, 2.05) is 6.29 Å². The van der Waals surface area contributed by atoms with E-state index in [2.05, 4.69) is 13.8 Å². The molecule has 1 unspecified atom stereocenters. The lowest BCUT2D eigenvalue weighted by Gasteiger charge is -2.11. The minimum absolute atomic E-state index is 0.627. The zero-order valence-electron chi connectivity index (χ0n) is 7.73. The predicted molar refractivity (Wildman–Crippen MR) is 48.2 cm³/mol. The van der Waals surface area contributed by atoms with Gasteiger partial charge in [0.1, 0.15) is 0 Å². The summed E-state index contributed by atoms with van der Waals surface area (Å²) in [4.78, 5) is 9.97. The smallest absolute Gasteiger partial charge is 0.198 e. The van der Waals surface area contributed by atoms with Crippen LogP contribution in [0.5, 0.6) is 0 Å². The summed E-state index contributed by atoms with van der Waals surface area (Å²) in [6, 6.07) is 0. The summed E-state index contributed by atoms with van der Waals surface area (Å²) in [6.45, 7) is 4.41. The van der Waals surface area contributed by atoms with Gasteiger partial charge in [-0.15, -0.1) is 0 Å². The third-order valence-corrected chi connectivity index (χ3v) is 2.20. The van der Waals surface area contributed by atoms with E-state index in [0.29, 0.717) is 6.42 Å². The number of unbranched alkanes of at least 4 members (excludes halogenated alkanes) is 1. The molecule has 0 heterocycles. The molecule has 0 amide bonds. The third-order valence-electron chi connectivity index (χ3n) is 2.20. The lowest BCUT2D eigenvalue weighted by molar-refractivity contribution is 0.423. The molecular formula is C10H19O. The fraction of sp³-hybridized carbons (Fsp3) is 0.900. The SMILES string of the molecule is CCCCC(CC)CC[C]=O. The van der Waals surface area contributed by atoms with Crippen LogP contribution < -0.4 is 0 Å². The summed E-state index contributed by atoms with van der Waals surface area (Å²) >= 11 is 0. The highest BCUT2D eigenvalue weighted by Crippen LogP contribution is 2.17. The zero-order chi connectivity index (χ0) is 8.53. The van der Waals surface area contributed by atoms with Gasteiger partial charge >= 0.3 is 0 Å². The lowest BCUT2D eigenvalue weighted by atomic mass is 9.95. The predicted octanol–water partition coefficient (Wildman–Crippen LogP) is 3.09. The van der Waals surface area contributed by atoms with Crippen LogP contribution in [-0.4, -0.2) is 6.29 Å². The van der Waals surface area contributed by atoms with Crippen molar-refractivity contribution in [1.82, 2.24) is 0 Å². The van der Waals surface area contributed by atoms with Gasteiger partial charge in [-0.25, -0.2) is 0 Å². The first kappa shape index (κ1) is 10.7. The summed E-state index contributed by atoms with van der Waals surface area (Å²) in [5.74, 6) is 0.761. The first-order valence-electron chi connectivity index (χ1n) is 4.70. The third kappa shape index (κ3) is 6.08. The molecule has 0 bridgehead atoms. The number of hydrogen-bond donors (Lipinski definition) is 0. The van der Waals surface area contributed by atoms with Crippen LogP contribution >= 0.6 is 0 Å². The number of hydrogen-bond acceptors (Lipinski definition) is 1. The molecule has 0 saturated carbocycles.